The van der Waals surface area contributed by atoms with Crippen molar-refractivity contribution in [1.82, 2.24) is 20.3 Å². The largest absolute Gasteiger partial charge is 0.310 e. The van der Waals surface area contributed by atoms with Gasteiger partial charge in [-0.25, -0.2) is 19.3 Å². The quantitative estimate of drug-likeness (QED) is 0.898. The molecule has 94 valence electrons. The molecule has 2 rings (SSSR count). The van der Waals surface area contributed by atoms with Gasteiger partial charge in [0.1, 0.15) is 11.5 Å². The van der Waals surface area contributed by atoms with Crippen molar-refractivity contribution in [1.29, 1.82) is 0 Å². The summed E-state index contributed by atoms with van der Waals surface area (Å²) < 4.78 is 12.7. The van der Waals surface area contributed by atoms with Crippen LogP contribution >= 0.6 is 0 Å². The van der Waals surface area contributed by atoms with E-state index in [1.165, 1.54) is 6.07 Å². The van der Waals surface area contributed by atoms with Crippen molar-refractivity contribution in [3.63, 3.8) is 0 Å². The number of nitrogens with zero attached hydrogens (tertiary/aromatic N) is 3. The van der Waals surface area contributed by atoms with Crippen LogP contribution in [-0.4, -0.2) is 21.0 Å². The molecule has 0 bridgehead atoms. The molecule has 0 aliphatic heterocycles. The maximum absolute atomic E-state index is 12.7. The van der Waals surface area contributed by atoms with Crippen LogP contribution in [-0.2, 0) is 6.54 Å². The molecule has 5 heteroatoms. The molecule has 1 N–H and O–H groups in total. The van der Waals surface area contributed by atoms with E-state index in [1.54, 1.807) is 18.5 Å². The molecule has 4 nitrogen and oxygen atoms in total. The SMILES string of the molecule is CC(C)NCc1cnc(-c2ccc(F)cn2)nc1. The Kier molecular flexibility index (Phi) is 3.94. The third-order valence-electron chi connectivity index (χ3n) is 2.38. The Morgan fingerprint density at radius 1 is 1.11 bits per heavy atom. The maximum Gasteiger partial charge on any atom is 0.178 e. The highest BCUT2D eigenvalue weighted by Crippen LogP contribution is 2.11. The van der Waals surface area contributed by atoms with Gasteiger partial charge in [0.2, 0.25) is 0 Å². The van der Waals surface area contributed by atoms with Gasteiger partial charge in [0.05, 0.1) is 6.20 Å². The van der Waals surface area contributed by atoms with E-state index in [0.717, 1.165) is 18.3 Å². The summed E-state index contributed by atoms with van der Waals surface area (Å²) in [4.78, 5) is 12.4. The van der Waals surface area contributed by atoms with Gasteiger partial charge in [0.15, 0.2) is 5.82 Å². The molecule has 0 atom stereocenters. The predicted molar refractivity (Wildman–Crippen MR) is 67.2 cm³/mol. The summed E-state index contributed by atoms with van der Waals surface area (Å²) in [5.74, 6) is 0.139. The molecule has 2 heterocycles. The first-order chi connectivity index (χ1) is 8.65. The van der Waals surface area contributed by atoms with Gasteiger partial charge in [0, 0.05) is 30.5 Å². The number of hydrogen-bond donors (Lipinski definition) is 1. The minimum Gasteiger partial charge on any atom is -0.310 e. The Balaban J connectivity index is 2.09. The zero-order chi connectivity index (χ0) is 13.0. The summed E-state index contributed by atoms with van der Waals surface area (Å²) >= 11 is 0. The lowest BCUT2D eigenvalue weighted by atomic mass is 10.3. The van der Waals surface area contributed by atoms with Crippen LogP contribution in [0, 0.1) is 5.82 Å². The van der Waals surface area contributed by atoms with Crippen LogP contribution in [0.2, 0.25) is 0 Å². The zero-order valence-corrected chi connectivity index (χ0v) is 10.4. The highest BCUT2D eigenvalue weighted by atomic mass is 19.1. The van der Waals surface area contributed by atoms with Crippen LogP contribution in [0.1, 0.15) is 19.4 Å². The summed E-state index contributed by atoms with van der Waals surface area (Å²) in [6.45, 7) is 4.89. The molecule has 0 unspecified atom stereocenters. The molecule has 0 aliphatic carbocycles. The molecule has 2 aromatic rings. The highest BCUT2D eigenvalue weighted by Gasteiger charge is 2.03. The standard InChI is InChI=1S/C13H15FN4/c1-9(2)15-5-10-6-17-13(18-7-10)12-4-3-11(14)8-16-12/h3-4,6-9,15H,5H2,1-2H3. The van der Waals surface area contributed by atoms with Crippen LogP contribution < -0.4 is 5.32 Å². The average Bonchev–Trinajstić information content (AvgIpc) is 2.38. The van der Waals surface area contributed by atoms with Crippen molar-refractivity contribution in [2.75, 3.05) is 0 Å². The Labute approximate surface area is 105 Å². The molecule has 2 aromatic heterocycles. The summed E-state index contributed by atoms with van der Waals surface area (Å²) in [5.41, 5.74) is 1.58. The lowest BCUT2D eigenvalue weighted by Crippen LogP contribution is -2.21. The minimum atomic E-state index is -0.364. The van der Waals surface area contributed by atoms with E-state index >= 15 is 0 Å². The van der Waals surface area contributed by atoms with E-state index in [1.807, 2.05) is 0 Å². The number of hydrogen-bond acceptors (Lipinski definition) is 4. The van der Waals surface area contributed by atoms with E-state index in [-0.39, 0.29) is 5.82 Å². The van der Waals surface area contributed by atoms with Gasteiger partial charge in [-0.3, -0.25) is 0 Å². The van der Waals surface area contributed by atoms with Crippen molar-refractivity contribution in [3.05, 3.63) is 42.1 Å². The Bertz CT molecular complexity index is 493. The molecule has 0 fully saturated rings. The van der Waals surface area contributed by atoms with E-state index in [2.05, 4.69) is 34.1 Å². The van der Waals surface area contributed by atoms with Crippen molar-refractivity contribution < 1.29 is 4.39 Å². The average molecular weight is 246 g/mol. The van der Waals surface area contributed by atoms with Gasteiger partial charge in [-0.05, 0) is 12.1 Å². The van der Waals surface area contributed by atoms with Gasteiger partial charge < -0.3 is 5.32 Å². The van der Waals surface area contributed by atoms with Gasteiger partial charge in [-0.15, -0.1) is 0 Å². The van der Waals surface area contributed by atoms with Crippen molar-refractivity contribution in [2.24, 2.45) is 0 Å². The third kappa shape index (κ3) is 3.30. The van der Waals surface area contributed by atoms with Crippen LogP contribution in [0.4, 0.5) is 4.39 Å². The first-order valence-electron chi connectivity index (χ1n) is 5.81. The van der Waals surface area contributed by atoms with Gasteiger partial charge >= 0.3 is 0 Å². The van der Waals surface area contributed by atoms with E-state index < -0.39 is 0 Å². The molecule has 0 radical (unpaired) electrons. The Hall–Kier alpha value is -1.88. The van der Waals surface area contributed by atoms with Gasteiger partial charge in [0.25, 0.3) is 0 Å². The molecular weight excluding hydrogens is 231 g/mol. The predicted octanol–water partition coefficient (Wildman–Crippen LogP) is 2.18. The second-order valence-corrected chi connectivity index (χ2v) is 4.31. The number of rotatable bonds is 4. The third-order valence-corrected chi connectivity index (χ3v) is 2.38. The summed E-state index contributed by atoms with van der Waals surface area (Å²) in [5, 5.41) is 3.28. The molecule has 0 aliphatic rings. The molecule has 0 amide bonds. The van der Waals surface area contributed by atoms with Gasteiger partial charge in [-0.1, -0.05) is 13.8 Å². The second kappa shape index (κ2) is 5.64. The Morgan fingerprint density at radius 3 is 2.39 bits per heavy atom. The maximum atomic E-state index is 12.7. The van der Waals surface area contributed by atoms with E-state index in [9.17, 15) is 4.39 Å². The van der Waals surface area contributed by atoms with Crippen LogP contribution in [0.3, 0.4) is 0 Å². The summed E-state index contributed by atoms with van der Waals surface area (Å²) in [7, 11) is 0. The number of aromatic nitrogens is 3. The van der Waals surface area contributed by atoms with E-state index in [4.69, 9.17) is 0 Å². The molecule has 0 aromatic carbocycles. The summed E-state index contributed by atoms with van der Waals surface area (Å²) in [6, 6.07) is 3.33. The fourth-order valence-corrected chi connectivity index (χ4v) is 1.41. The monoisotopic (exact) mass is 246 g/mol. The van der Waals surface area contributed by atoms with Gasteiger partial charge in [-0.2, -0.15) is 0 Å². The lowest BCUT2D eigenvalue weighted by molar-refractivity contribution is 0.587. The molecule has 18 heavy (non-hydrogen) atoms. The molecule has 0 saturated heterocycles. The highest BCUT2D eigenvalue weighted by molar-refractivity contribution is 5.47. The molecular formula is C13H15FN4. The topological polar surface area (TPSA) is 50.7 Å². The zero-order valence-electron chi connectivity index (χ0n) is 10.4. The molecule has 0 saturated carbocycles. The fourth-order valence-electron chi connectivity index (χ4n) is 1.41. The lowest BCUT2D eigenvalue weighted by Gasteiger charge is -2.07. The first kappa shape index (κ1) is 12.6. The van der Waals surface area contributed by atoms with Crippen molar-refractivity contribution in [2.45, 2.75) is 26.4 Å². The van der Waals surface area contributed by atoms with Crippen LogP contribution in [0.25, 0.3) is 11.5 Å². The minimum absolute atomic E-state index is 0.364. The smallest absolute Gasteiger partial charge is 0.178 e. The van der Waals surface area contributed by atoms with Crippen molar-refractivity contribution >= 4 is 0 Å². The second-order valence-electron chi connectivity index (χ2n) is 4.31. The fraction of sp³-hybridized carbons (Fsp3) is 0.308. The summed E-state index contributed by atoms with van der Waals surface area (Å²) in [6.07, 6.45) is 4.67. The normalized spacial score (nSPS) is 10.9. The first-order valence-corrected chi connectivity index (χ1v) is 5.81. The van der Waals surface area contributed by atoms with Crippen LogP contribution in [0.15, 0.2) is 30.7 Å². The number of halogens is 1. The number of nitrogens with one attached hydrogen (secondary N) is 1. The van der Waals surface area contributed by atoms with E-state index in [0.29, 0.717) is 17.6 Å². The Morgan fingerprint density at radius 2 is 1.83 bits per heavy atom. The van der Waals surface area contributed by atoms with Crippen molar-refractivity contribution in [3.8, 4) is 11.5 Å². The molecule has 0 spiro atoms. The van der Waals surface area contributed by atoms with Crippen LogP contribution in [0.5, 0.6) is 0 Å². The number of pyridine rings is 1.